The van der Waals surface area contributed by atoms with Gasteiger partial charge in [-0.25, -0.2) is 14.8 Å². The molecule has 0 unspecified atom stereocenters. The zero-order valence-corrected chi connectivity index (χ0v) is 37.0. The lowest BCUT2D eigenvalue weighted by Gasteiger charge is -2.47. The van der Waals surface area contributed by atoms with Gasteiger partial charge in [-0.3, -0.25) is 19.3 Å². The average Bonchev–Trinajstić information content (AvgIpc) is 3.77. The van der Waals surface area contributed by atoms with E-state index in [1.54, 1.807) is 52.0 Å². The summed E-state index contributed by atoms with van der Waals surface area (Å²) < 4.78 is 33.4. The van der Waals surface area contributed by atoms with Crippen molar-refractivity contribution in [2.45, 2.75) is 154 Å². The van der Waals surface area contributed by atoms with Crippen LogP contribution in [-0.2, 0) is 43.6 Å². The third-order valence-corrected chi connectivity index (χ3v) is 13.3. The van der Waals surface area contributed by atoms with Crippen molar-refractivity contribution in [3.63, 3.8) is 0 Å². The Morgan fingerprint density at radius 2 is 1.78 bits per heavy atom. The molecule has 15 heteroatoms. The number of carbonyl (C=O) groups is 4. The van der Waals surface area contributed by atoms with Gasteiger partial charge < -0.3 is 38.3 Å². The number of pyridine rings is 1. The van der Waals surface area contributed by atoms with Gasteiger partial charge in [-0.1, -0.05) is 34.3 Å². The molecular formula is C44H67N5O10. The van der Waals surface area contributed by atoms with Gasteiger partial charge in [-0.05, 0) is 99.0 Å². The number of aliphatic hydroxyl groups is 1. The van der Waals surface area contributed by atoms with Gasteiger partial charge in [0.15, 0.2) is 23.3 Å². The van der Waals surface area contributed by atoms with E-state index in [9.17, 15) is 24.3 Å². The van der Waals surface area contributed by atoms with Gasteiger partial charge in [0.25, 0.3) is 0 Å². The van der Waals surface area contributed by atoms with Crippen molar-refractivity contribution >= 4 is 34.8 Å². The lowest BCUT2D eigenvalue weighted by Crippen LogP contribution is -2.60. The van der Waals surface area contributed by atoms with Gasteiger partial charge in [0.1, 0.15) is 23.9 Å². The first-order chi connectivity index (χ1) is 27.7. The summed E-state index contributed by atoms with van der Waals surface area (Å²) in [7, 11) is 5.23. The highest BCUT2D eigenvalue weighted by Gasteiger charge is 2.61. The molecule has 5 rings (SSSR count). The number of carbonyl (C=O) groups excluding carboxylic acids is 4. The molecular weight excluding hydrogens is 759 g/mol. The van der Waals surface area contributed by atoms with E-state index in [4.69, 9.17) is 23.7 Å². The highest BCUT2D eigenvalue weighted by Crippen LogP contribution is 2.44. The van der Waals surface area contributed by atoms with Crippen LogP contribution in [0, 0.1) is 23.7 Å². The molecule has 0 aromatic carbocycles. The van der Waals surface area contributed by atoms with E-state index >= 15 is 0 Å². The van der Waals surface area contributed by atoms with E-state index < -0.39 is 88.9 Å². The van der Waals surface area contributed by atoms with Crippen molar-refractivity contribution in [1.29, 1.82) is 0 Å². The molecule has 5 heterocycles. The number of fused-ring (bicyclic) bond motifs is 2. The van der Waals surface area contributed by atoms with E-state index in [-0.39, 0.29) is 37.3 Å². The molecule has 0 saturated carbocycles. The van der Waals surface area contributed by atoms with Crippen LogP contribution in [0.2, 0.25) is 0 Å². The van der Waals surface area contributed by atoms with Crippen LogP contribution in [0.25, 0.3) is 11.2 Å². The quantitative estimate of drug-likeness (QED) is 0.176. The van der Waals surface area contributed by atoms with Crippen LogP contribution in [0.1, 0.15) is 94.4 Å². The summed E-state index contributed by atoms with van der Waals surface area (Å²) in [6, 6.07) is 2.63. The SMILES string of the molecule is C=C[C@]12OC(=O)N(CCCC(C)(C)n3cnc4ncccc43)[C@@H]1[C@@H](C)C(=O)[C@H](C)C[C@](C)(OC)[C@H](O[C@@H]1O[C@H](C)C[C@H](N(C)C)[C@H]1O)[C@@H](C)C(=O)[C@@H](C)C(=O)O[C@@H]2CC. The number of amides is 1. The molecule has 3 aliphatic heterocycles. The number of nitrogens with zero attached hydrogens (tertiary/aromatic N) is 5. The number of aromatic nitrogens is 3. The van der Waals surface area contributed by atoms with Crippen LogP contribution in [0.15, 0.2) is 37.3 Å². The Kier molecular flexibility index (Phi) is 14.2. The van der Waals surface area contributed by atoms with Crippen LogP contribution >= 0.6 is 0 Å². The predicted molar refractivity (Wildman–Crippen MR) is 220 cm³/mol. The number of ether oxygens (including phenoxy) is 5. The summed E-state index contributed by atoms with van der Waals surface area (Å²) in [5.41, 5.74) is -1.79. The van der Waals surface area contributed by atoms with Gasteiger partial charge in [0, 0.05) is 49.2 Å². The molecule has 15 nitrogen and oxygen atoms in total. The van der Waals surface area contributed by atoms with Crippen molar-refractivity contribution in [1.82, 2.24) is 24.3 Å². The maximum absolute atomic E-state index is 14.9. The Hall–Kier alpha value is -3.76. The molecule has 0 aliphatic carbocycles. The molecule has 13 atom stereocenters. The molecule has 2 aromatic heterocycles. The molecule has 3 aliphatic rings. The Morgan fingerprint density at radius 3 is 2.41 bits per heavy atom. The van der Waals surface area contributed by atoms with Gasteiger partial charge in [0.05, 0.1) is 35.7 Å². The Morgan fingerprint density at radius 1 is 1.08 bits per heavy atom. The van der Waals surface area contributed by atoms with Crippen molar-refractivity contribution < 1.29 is 48.0 Å². The van der Waals surface area contributed by atoms with Crippen molar-refractivity contribution in [3.05, 3.63) is 37.3 Å². The number of likely N-dealkylation sites (N-methyl/N-ethyl adjacent to an activating group) is 1. The van der Waals surface area contributed by atoms with Crippen LogP contribution in [0.5, 0.6) is 0 Å². The minimum absolute atomic E-state index is 0.102. The standard InChI is InChI=1S/C44H67N5O10/c1-14-32-44(15-2)36(48(41(54)59-44)21-17-19-42(8,9)49-24-46-38-30(49)18-16-20-45-38)27(5)33(50)25(3)23-43(10,55-13)37(28(6)34(51)29(7)39(53)57-32)58-40-35(52)31(47(11)12)22-26(4)56-40/h15-16,18,20,24-29,31-32,35-37,40,52H,2,14,17,19,21-23H2,1,3-13H3/t25-,26-,27+,28+,29-,31+,32-,35-,36-,37-,40+,43+,44-/m1/s1. The largest absolute Gasteiger partial charge is 0.457 e. The number of hydrogen-bond donors (Lipinski definition) is 1. The van der Waals surface area contributed by atoms with E-state index in [0.29, 0.717) is 24.9 Å². The second-order valence-electron chi connectivity index (χ2n) is 18.1. The fourth-order valence-corrected chi connectivity index (χ4v) is 9.82. The molecule has 3 fully saturated rings. The third-order valence-electron chi connectivity index (χ3n) is 13.3. The molecule has 0 spiro atoms. The van der Waals surface area contributed by atoms with Gasteiger partial charge in [0.2, 0.25) is 0 Å². The number of cyclic esters (lactones) is 1. The lowest BCUT2D eigenvalue weighted by atomic mass is 9.72. The third kappa shape index (κ3) is 8.86. The molecule has 0 bridgehead atoms. The molecule has 1 amide bonds. The number of rotatable bonds is 11. The predicted octanol–water partition coefficient (Wildman–Crippen LogP) is 5.32. The summed E-state index contributed by atoms with van der Waals surface area (Å²) in [5, 5.41) is 11.5. The maximum Gasteiger partial charge on any atom is 0.411 e. The summed E-state index contributed by atoms with van der Waals surface area (Å²) in [5.74, 6) is -5.24. The fourth-order valence-electron chi connectivity index (χ4n) is 9.82. The first kappa shape index (κ1) is 46.3. The zero-order chi connectivity index (χ0) is 43.8. The lowest BCUT2D eigenvalue weighted by molar-refractivity contribution is -0.295. The van der Waals surface area contributed by atoms with Gasteiger partial charge in [-0.15, -0.1) is 0 Å². The minimum atomic E-state index is -1.61. The number of imidazole rings is 1. The number of esters is 1. The fraction of sp³-hybridized carbons (Fsp3) is 0.727. The molecule has 328 valence electrons. The molecule has 59 heavy (non-hydrogen) atoms. The van der Waals surface area contributed by atoms with Crippen LogP contribution in [0.3, 0.4) is 0 Å². The minimum Gasteiger partial charge on any atom is -0.457 e. The van der Waals surface area contributed by atoms with Gasteiger partial charge in [-0.2, -0.15) is 0 Å². The van der Waals surface area contributed by atoms with Crippen molar-refractivity contribution in [2.24, 2.45) is 23.7 Å². The van der Waals surface area contributed by atoms with E-state index in [1.165, 1.54) is 20.1 Å². The van der Waals surface area contributed by atoms with Crippen LogP contribution in [0.4, 0.5) is 4.79 Å². The zero-order valence-electron chi connectivity index (χ0n) is 37.0. The van der Waals surface area contributed by atoms with Crippen molar-refractivity contribution in [3.8, 4) is 0 Å². The Labute approximate surface area is 349 Å². The number of hydrogen-bond acceptors (Lipinski definition) is 13. The highest BCUT2D eigenvalue weighted by atomic mass is 16.7. The highest BCUT2D eigenvalue weighted by molar-refractivity contribution is 6.00. The number of aliphatic hydroxyl groups excluding tert-OH is 1. The van der Waals surface area contributed by atoms with E-state index in [1.807, 2.05) is 38.1 Å². The topological polar surface area (TPSA) is 172 Å². The number of Topliss-reactive ketones (excluding diaryl/α,β-unsaturated/α-hetero) is 2. The molecule has 3 saturated heterocycles. The Bertz CT molecular complexity index is 1850. The smallest absolute Gasteiger partial charge is 0.411 e. The monoisotopic (exact) mass is 825 g/mol. The van der Waals surface area contributed by atoms with Crippen LogP contribution < -0.4 is 0 Å². The average molecular weight is 826 g/mol. The molecule has 0 radical (unpaired) electrons. The summed E-state index contributed by atoms with van der Waals surface area (Å²) in [6.45, 7) is 20.7. The van der Waals surface area contributed by atoms with Crippen molar-refractivity contribution in [2.75, 3.05) is 27.7 Å². The molecule has 1 N–H and O–H groups in total. The summed E-state index contributed by atoms with van der Waals surface area (Å²) in [6.07, 6.45) is 1.72. The van der Waals surface area contributed by atoms with Crippen LogP contribution in [-0.4, -0.2) is 135 Å². The summed E-state index contributed by atoms with van der Waals surface area (Å²) in [4.78, 5) is 69.8. The maximum atomic E-state index is 14.9. The summed E-state index contributed by atoms with van der Waals surface area (Å²) >= 11 is 0. The van der Waals surface area contributed by atoms with E-state index in [2.05, 4.69) is 35.0 Å². The molecule has 2 aromatic rings. The second-order valence-corrected chi connectivity index (χ2v) is 18.1. The van der Waals surface area contributed by atoms with Gasteiger partial charge >= 0.3 is 12.1 Å². The normalized spacial score (nSPS) is 36.6. The number of methoxy groups -OCH3 is 1. The van der Waals surface area contributed by atoms with E-state index in [0.717, 1.165) is 5.52 Å². The number of ketones is 2. The first-order valence-electron chi connectivity index (χ1n) is 21.1. The Balaban J connectivity index is 1.51. The first-order valence-corrected chi connectivity index (χ1v) is 21.1. The second kappa shape index (κ2) is 18.1.